The number of carbonyl (C=O) groups is 2. The van der Waals surface area contributed by atoms with Crippen LogP contribution >= 0.6 is 0 Å². The lowest BCUT2D eigenvalue weighted by atomic mass is 9.98. The van der Waals surface area contributed by atoms with Crippen molar-refractivity contribution in [1.29, 1.82) is 0 Å². The Morgan fingerprint density at radius 1 is 1.60 bits per heavy atom. The van der Waals surface area contributed by atoms with Crippen LogP contribution in [0.5, 0.6) is 0 Å². The molecule has 1 aliphatic rings. The molecule has 1 fully saturated rings. The van der Waals surface area contributed by atoms with Gasteiger partial charge in [-0.25, -0.2) is 0 Å². The minimum Gasteiger partial charge on any atom is -0.472 e. The second kappa shape index (κ2) is 3.88. The van der Waals surface area contributed by atoms with Crippen molar-refractivity contribution in [2.75, 3.05) is 13.1 Å². The molecule has 0 N–H and O–H groups in total. The van der Waals surface area contributed by atoms with Crippen molar-refractivity contribution in [3.63, 3.8) is 0 Å². The van der Waals surface area contributed by atoms with E-state index in [1.165, 1.54) is 12.5 Å². The summed E-state index contributed by atoms with van der Waals surface area (Å²) in [5.74, 6) is 0.143. The smallest absolute Gasteiger partial charge is 0.257 e. The molecular formula is C11H13NO3. The summed E-state index contributed by atoms with van der Waals surface area (Å²) in [6.45, 7) is 2.90. The van der Waals surface area contributed by atoms with Crippen LogP contribution in [0.15, 0.2) is 23.0 Å². The Morgan fingerprint density at radius 3 is 3.00 bits per heavy atom. The maximum absolute atomic E-state index is 11.9. The van der Waals surface area contributed by atoms with E-state index in [2.05, 4.69) is 0 Å². The number of hydrogen-bond donors (Lipinski definition) is 0. The molecule has 1 aliphatic heterocycles. The first-order chi connectivity index (χ1) is 7.18. The van der Waals surface area contributed by atoms with Crippen molar-refractivity contribution in [3.05, 3.63) is 24.2 Å². The number of carbonyl (C=O) groups excluding carboxylic acids is 2. The second-order valence-electron chi connectivity index (χ2n) is 3.88. The van der Waals surface area contributed by atoms with Crippen LogP contribution < -0.4 is 0 Å². The zero-order valence-electron chi connectivity index (χ0n) is 8.60. The summed E-state index contributed by atoms with van der Waals surface area (Å²) >= 11 is 0. The predicted octanol–water partition coefficient (Wildman–Crippen LogP) is 1.33. The second-order valence-corrected chi connectivity index (χ2v) is 3.88. The molecule has 1 aromatic heterocycles. The fourth-order valence-corrected chi connectivity index (χ4v) is 1.77. The van der Waals surface area contributed by atoms with Gasteiger partial charge in [-0.2, -0.15) is 0 Å². The Labute approximate surface area is 87.9 Å². The molecule has 80 valence electrons. The van der Waals surface area contributed by atoms with Crippen LogP contribution in [-0.4, -0.2) is 29.7 Å². The van der Waals surface area contributed by atoms with Crippen molar-refractivity contribution in [3.8, 4) is 0 Å². The molecule has 1 amide bonds. The van der Waals surface area contributed by atoms with E-state index in [1.807, 2.05) is 6.92 Å². The van der Waals surface area contributed by atoms with Gasteiger partial charge >= 0.3 is 0 Å². The molecule has 0 aromatic carbocycles. The maximum atomic E-state index is 11.9. The minimum atomic E-state index is -0.0527. The average molecular weight is 207 g/mol. The van der Waals surface area contributed by atoms with Gasteiger partial charge in [0.1, 0.15) is 12.0 Å². The van der Waals surface area contributed by atoms with Crippen LogP contribution in [-0.2, 0) is 4.79 Å². The maximum Gasteiger partial charge on any atom is 0.257 e. The van der Waals surface area contributed by atoms with E-state index in [9.17, 15) is 9.59 Å². The molecule has 2 heterocycles. The van der Waals surface area contributed by atoms with Crippen molar-refractivity contribution < 1.29 is 14.0 Å². The lowest BCUT2D eigenvalue weighted by Gasteiger charge is -2.29. The van der Waals surface area contributed by atoms with E-state index < -0.39 is 0 Å². The van der Waals surface area contributed by atoms with Crippen LogP contribution in [0.1, 0.15) is 23.7 Å². The third-order valence-electron chi connectivity index (χ3n) is 2.73. The largest absolute Gasteiger partial charge is 0.472 e. The molecule has 1 aromatic rings. The van der Waals surface area contributed by atoms with Crippen LogP contribution in [0.25, 0.3) is 0 Å². The van der Waals surface area contributed by atoms with Gasteiger partial charge < -0.3 is 9.32 Å². The minimum absolute atomic E-state index is 0.0467. The Hall–Kier alpha value is -1.58. The molecule has 2 rings (SSSR count). The number of likely N-dealkylation sites (tertiary alicyclic amines) is 1. The van der Waals surface area contributed by atoms with Crippen LogP contribution in [0.4, 0.5) is 0 Å². The van der Waals surface area contributed by atoms with Gasteiger partial charge in [0.15, 0.2) is 0 Å². The average Bonchev–Trinajstić information content (AvgIpc) is 2.74. The highest BCUT2D eigenvalue weighted by atomic mass is 16.3. The molecule has 4 nitrogen and oxygen atoms in total. The highest BCUT2D eigenvalue weighted by Crippen LogP contribution is 2.15. The molecule has 1 unspecified atom stereocenters. The number of piperidine rings is 1. The van der Waals surface area contributed by atoms with Crippen molar-refractivity contribution in [2.45, 2.75) is 13.3 Å². The summed E-state index contributed by atoms with van der Waals surface area (Å²) in [5, 5.41) is 0. The fraction of sp³-hybridized carbons (Fsp3) is 0.455. The van der Waals surface area contributed by atoms with E-state index >= 15 is 0 Å². The first-order valence-corrected chi connectivity index (χ1v) is 5.02. The summed E-state index contributed by atoms with van der Waals surface area (Å²) in [6.07, 6.45) is 3.37. The quantitative estimate of drug-likeness (QED) is 0.698. The Morgan fingerprint density at radius 2 is 2.40 bits per heavy atom. The first-order valence-electron chi connectivity index (χ1n) is 5.02. The van der Waals surface area contributed by atoms with Gasteiger partial charge in [-0.15, -0.1) is 0 Å². The lowest BCUT2D eigenvalue weighted by molar-refractivity contribution is -0.124. The summed E-state index contributed by atoms with van der Waals surface area (Å²) in [6, 6.07) is 1.64. The SMILES string of the molecule is CC1CN(C(=O)c2ccoc2)CCC1=O. The zero-order chi connectivity index (χ0) is 10.8. The topological polar surface area (TPSA) is 50.5 Å². The number of hydrogen-bond acceptors (Lipinski definition) is 3. The molecule has 1 saturated heterocycles. The number of nitrogens with zero attached hydrogens (tertiary/aromatic N) is 1. The summed E-state index contributed by atoms with van der Waals surface area (Å²) < 4.78 is 4.86. The molecule has 0 aliphatic carbocycles. The number of furan rings is 1. The number of Topliss-reactive ketones (excluding diaryl/α,β-unsaturated/α-hetero) is 1. The Balaban J connectivity index is 2.06. The van der Waals surface area contributed by atoms with Gasteiger partial charge in [0.2, 0.25) is 0 Å². The standard InChI is InChI=1S/C11H13NO3/c1-8-6-12(4-2-10(8)13)11(14)9-3-5-15-7-9/h3,5,7-8H,2,4,6H2,1H3. The third kappa shape index (κ3) is 1.93. The van der Waals surface area contributed by atoms with Crippen molar-refractivity contribution >= 4 is 11.7 Å². The van der Waals surface area contributed by atoms with E-state index in [-0.39, 0.29) is 17.6 Å². The molecule has 15 heavy (non-hydrogen) atoms. The summed E-state index contributed by atoms with van der Waals surface area (Å²) in [5.41, 5.74) is 0.552. The van der Waals surface area contributed by atoms with Crippen LogP contribution in [0.2, 0.25) is 0 Å². The molecule has 0 spiro atoms. The fourth-order valence-electron chi connectivity index (χ4n) is 1.77. The molecule has 0 bridgehead atoms. The van der Waals surface area contributed by atoms with Gasteiger partial charge in [0.25, 0.3) is 5.91 Å². The van der Waals surface area contributed by atoms with Gasteiger partial charge in [0.05, 0.1) is 11.8 Å². The van der Waals surface area contributed by atoms with Gasteiger partial charge in [-0.1, -0.05) is 6.92 Å². The number of ketones is 1. The van der Waals surface area contributed by atoms with Crippen LogP contribution in [0, 0.1) is 5.92 Å². The zero-order valence-corrected chi connectivity index (χ0v) is 8.60. The third-order valence-corrected chi connectivity index (χ3v) is 2.73. The number of rotatable bonds is 1. The normalized spacial score (nSPS) is 21.8. The number of amides is 1. The molecular weight excluding hydrogens is 194 g/mol. The molecule has 0 saturated carbocycles. The van der Waals surface area contributed by atoms with Crippen molar-refractivity contribution in [2.24, 2.45) is 5.92 Å². The Kier molecular flexibility index (Phi) is 2.58. The summed E-state index contributed by atoms with van der Waals surface area (Å²) in [7, 11) is 0. The molecule has 0 radical (unpaired) electrons. The van der Waals surface area contributed by atoms with Crippen LogP contribution in [0.3, 0.4) is 0 Å². The van der Waals surface area contributed by atoms with Gasteiger partial charge in [-0.05, 0) is 6.07 Å². The Bertz CT molecular complexity index is 369. The van der Waals surface area contributed by atoms with E-state index in [0.29, 0.717) is 25.1 Å². The van der Waals surface area contributed by atoms with Gasteiger partial charge in [0, 0.05) is 25.4 Å². The van der Waals surface area contributed by atoms with Crippen molar-refractivity contribution in [1.82, 2.24) is 4.90 Å². The van der Waals surface area contributed by atoms with E-state index in [0.717, 1.165) is 0 Å². The monoisotopic (exact) mass is 207 g/mol. The van der Waals surface area contributed by atoms with E-state index in [4.69, 9.17) is 4.42 Å². The lowest BCUT2D eigenvalue weighted by Crippen LogP contribution is -2.43. The first kappa shape index (κ1) is 9.96. The molecule has 1 atom stereocenters. The van der Waals surface area contributed by atoms with E-state index in [1.54, 1.807) is 11.0 Å². The molecule has 4 heteroatoms. The predicted molar refractivity (Wildman–Crippen MR) is 53.4 cm³/mol. The van der Waals surface area contributed by atoms with Gasteiger partial charge in [-0.3, -0.25) is 9.59 Å². The highest BCUT2D eigenvalue weighted by Gasteiger charge is 2.27. The highest BCUT2D eigenvalue weighted by molar-refractivity contribution is 5.95. The summed E-state index contributed by atoms with van der Waals surface area (Å²) in [4.78, 5) is 24.9.